The third kappa shape index (κ3) is 1.42. The van der Waals surface area contributed by atoms with Gasteiger partial charge in [0.15, 0.2) is 5.65 Å². The molecule has 2 aromatic heterocycles. The molecule has 3 nitrogen and oxygen atoms in total. The highest BCUT2D eigenvalue weighted by Crippen LogP contribution is 2.42. The molecule has 1 aliphatic rings. The Morgan fingerprint density at radius 2 is 2.12 bits per heavy atom. The van der Waals surface area contributed by atoms with E-state index in [4.69, 9.17) is 0 Å². The molecule has 0 unspecified atom stereocenters. The van der Waals surface area contributed by atoms with Gasteiger partial charge in [0, 0.05) is 24.5 Å². The van der Waals surface area contributed by atoms with Crippen molar-refractivity contribution in [3.63, 3.8) is 0 Å². The minimum Gasteiger partial charge on any atom is -0.250 e. The molecule has 1 saturated carbocycles. The summed E-state index contributed by atoms with van der Waals surface area (Å²) in [4.78, 5) is 4.53. The van der Waals surface area contributed by atoms with Crippen LogP contribution in [0.5, 0.6) is 0 Å². The number of rotatable bonds is 2. The average Bonchev–Trinajstić information content (AvgIpc) is 3.04. The van der Waals surface area contributed by atoms with Crippen LogP contribution >= 0.6 is 0 Å². The quantitative estimate of drug-likeness (QED) is 0.771. The molecule has 84 valence electrons. The first-order valence-electron chi connectivity index (χ1n) is 5.99. The van der Waals surface area contributed by atoms with Crippen molar-refractivity contribution < 1.29 is 0 Å². The molecule has 0 amide bonds. The van der Waals surface area contributed by atoms with E-state index >= 15 is 0 Å². The Morgan fingerprint density at radius 1 is 1.38 bits per heavy atom. The minimum absolute atomic E-state index is 0.532. The molecular weight excluding hydrogens is 198 g/mol. The van der Waals surface area contributed by atoms with Gasteiger partial charge in [0.2, 0.25) is 0 Å². The number of hydrogen-bond donors (Lipinski definition) is 0. The number of fused-ring (bicyclic) bond motifs is 1. The first-order valence-corrected chi connectivity index (χ1v) is 5.99. The number of aryl methyl sites for hydroxylation is 1. The second-order valence-electron chi connectivity index (χ2n) is 5.08. The Bertz CT molecular complexity index is 535. The maximum Gasteiger partial charge on any atom is 0.157 e. The van der Waals surface area contributed by atoms with Crippen LogP contribution in [0.1, 0.15) is 49.8 Å². The van der Waals surface area contributed by atoms with E-state index in [0.717, 1.165) is 5.65 Å². The summed E-state index contributed by atoms with van der Waals surface area (Å²) in [5.74, 6) is 1.22. The van der Waals surface area contributed by atoms with Crippen LogP contribution < -0.4 is 0 Å². The van der Waals surface area contributed by atoms with Crippen molar-refractivity contribution in [1.82, 2.24) is 14.8 Å². The van der Waals surface area contributed by atoms with Gasteiger partial charge < -0.3 is 0 Å². The number of hydrogen-bond acceptors (Lipinski definition) is 2. The van der Waals surface area contributed by atoms with Crippen LogP contribution in [0.15, 0.2) is 12.3 Å². The van der Waals surface area contributed by atoms with E-state index in [1.165, 1.54) is 29.5 Å². The van der Waals surface area contributed by atoms with E-state index in [-0.39, 0.29) is 0 Å². The van der Waals surface area contributed by atoms with E-state index in [2.05, 4.69) is 30.0 Å². The summed E-state index contributed by atoms with van der Waals surface area (Å²) in [5.41, 5.74) is 3.58. The summed E-state index contributed by atoms with van der Waals surface area (Å²) in [5, 5.41) is 5.87. The Kier molecular flexibility index (Phi) is 2.03. The molecule has 0 atom stereocenters. The third-order valence-corrected chi connectivity index (χ3v) is 3.36. The standard InChI is InChI=1S/C13H17N3/c1-8(2)10-6-11-12(9-4-5-9)15-16(3)13(11)14-7-10/h6-9H,4-5H2,1-3H3. The normalized spacial score (nSPS) is 16.2. The van der Waals surface area contributed by atoms with Gasteiger partial charge >= 0.3 is 0 Å². The van der Waals surface area contributed by atoms with Crippen molar-refractivity contribution >= 4 is 11.0 Å². The second kappa shape index (κ2) is 3.30. The van der Waals surface area contributed by atoms with Gasteiger partial charge in [0.25, 0.3) is 0 Å². The Labute approximate surface area is 95.5 Å². The van der Waals surface area contributed by atoms with Crippen molar-refractivity contribution in [2.75, 3.05) is 0 Å². The van der Waals surface area contributed by atoms with Gasteiger partial charge in [-0.1, -0.05) is 13.8 Å². The van der Waals surface area contributed by atoms with Crippen LogP contribution in [0.2, 0.25) is 0 Å². The molecule has 0 N–H and O–H groups in total. The van der Waals surface area contributed by atoms with E-state index in [9.17, 15) is 0 Å². The van der Waals surface area contributed by atoms with Crippen LogP contribution in [0.4, 0.5) is 0 Å². The number of aromatic nitrogens is 3. The van der Waals surface area contributed by atoms with E-state index in [1.54, 1.807) is 0 Å². The maximum absolute atomic E-state index is 4.61. The lowest BCUT2D eigenvalue weighted by atomic mass is 10.0. The molecule has 0 radical (unpaired) electrons. The summed E-state index contributed by atoms with van der Waals surface area (Å²) in [7, 11) is 1.98. The van der Waals surface area contributed by atoms with E-state index < -0.39 is 0 Å². The molecule has 2 heterocycles. The highest BCUT2D eigenvalue weighted by molar-refractivity contribution is 5.80. The number of pyridine rings is 1. The smallest absolute Gasteiger partial charge is 0.157 e. The molecule has 0 saturated heterocycles. The zero-order valence-electron chi connectivity index (χ0n) is 10.1. The zero-order valence-corrected chi connectivity index (χ0v) is 10.1. The molecule has 3 heteroatoms. The third-order valence-electron chi connectivity index (χ3n) is 3.36. The molecule has 2 aromatic rings. The van der Waals surface area contributed by atoms with Crippen LogP contribution in [-0.4, -0.2) is 14.8 Å². The fourth-order valence-electron chi connectivity index (χ4n) is 2.16. The van der Waals surface area contributed by atoms with Crippen molar-refractivity contribution in [3.8, 4) is 0 Å². The van der Waals surface area contributed by atoms with Gasteiger partial charge in [-0.2, -0.15) is 5.10 Å². The summed E-state index contributed by atoms with van der Waals surface area (Å²) < 4.78 is 1.91. The van der Waals surface area contributed by atoms with Crippen molar-refractivity contribution in [2.45, 2.75) is 38.5 Å². The zero-order chi connectivity index (χ0) is 11.3. The molecule has 1 fully saturated rings. The molecule has 0 bridgehead atoms. The Hall–Kier alpha value is -1.38. The first-order chi connectivity index (χ1) is 7.66. The fraction of sp³-hybridized carbons (Fsp3) is 0.538. The minimum atomic E-state index is 0.532. The molecule has 16 heavy (non-hydrogen) atoms. The largest absolute Gasteiger partial charge is 0.250 e. The highest BCUT2D eigenvalue weighted by Gasteiger charge is 2.29. The fourth-order valence-corrected chi connectivity index (χ4v) is 2.16. The molecule has 0 aromatic carbocycles. The van der Waals surface area contributed by atoms with Gasteiger partial charge in [-0.25, -0.2) is 4.98 Å². The molecule has 1 aliphatic carbocycles. The van der Waals surface area contributed by atoms with Gasteiger partial charge in [-0.3, -0.25) is 4.68 Å². The predicted molar refractivity (Wildman–Crippen MR) is 64.6 cm³/mol. The van der Waals surface area contributed by atoms with Crippen LogP contribution in [0, 0.1) is 0 Å². The van der Waals surface area contributed by atoms with Crippen LogP contribution in [0.3, 0.4) is 0 Å². The molecule has 0 aliphatic heterocycles. The number of nitrogens with zero attached hydrogens (tertiary/aromatic N) is 3. The van der Waals surface area contributed by atoms with Crippen LogP contribution in [0.25, 0.3) is 11.0 Å². The summed E-state index contributed by atoms with van der Waals surface area (Å²) in [6.45, 7) is 4.41. The molecular formula is C13H17N3. The van der Waals surface area contributed by atoms with Gasteiger partial charge in [-0.15, -0.1) is 0 Å². The topological polar surface area (TPSA) is 30.7 Å². The second-order valence-corrected chi connectivity index (χ2v) is 5.08. The Morgan fingerprint density at radius 3 is 2.75 bits per heavy atom. The summed E-state index contributed by atoms with van der Waals surface area (Å²) >= 11 is 0. The SMILES string of the molecule is CC(C)c1cnc2c(c1)c(C1CC1)nn2C. The highest BCUT2D eigenvalue weighted by atomic mass is 15.3. The first kappa shape index (κ1) is 9.82. The van der Waals surface area contributed by atoms with Crippen molar-refractivity contribution in [3.05, 3.63) is 23.5 Å². The predicted octanol–water partition coefficient (Wildman–Crippen LogP) is 2.97. The summed E-state index contributed by atoms with van der Waals surface area (Å²) in [6.07, 6.45) is 4.56. The average molecular weight is 215 g/mol. The van der Waals surface area contributed by atoms with Gasteiger partial charge in [0.1, 0.15) is 0 Å². The van der Waals surface area contributed by atoms with E-state index in [1.807, 2.05) is 17.9 Å². The maximum atomic E-state index is 4.61. The van der Waals surface area contributed by atoms with Crippen LogP contribution in [-0.2, 0) is 7.05 Å². The molecule has 3 rings (SSSR count). The summed E-state index contributed by atoms with van der Waals surface area (Å²) in [6, 6.07) is 2.27. The van der Waals surface area contributed by atoms with Crippen molar-refractivity contribution in [2.24, 2.45) is 7.05 Å². The lowest BCUT2D eigenvalue weighted by Crippen LogP contribution is -1.93. The monoisotopic (exact) mass is 215 g/mol. The van der Waals surface area contributed by atoms with Crippen molar-refractivity contribution in [1.29, 1.82) is 0 Å². The lowest BCUT2D eigenvalue weighted by Gasteiger charge is -2.04. The van der Waals surface area contributed by atoms with E-state index in [0.29, 0.717) is 11.8 Å². The Balaban J connectivity index is 2.22. The molecule has 0 spiro atoms. The van der Waals surface area contributed by atoms with Gasteiger partial charge in [0.05, 0.1) is 5.69 Å². The van der Waals surface area contributed by atoms with Gasteiger partial charge in [-0.05, 0) is 30.4 Å². The lowest BCUT2D eigenvalue weighted by molar-refractivity contribution is 0.758.